The molecule has 4 heterocycles. The molecule has 5 rings (SSSR count). The molecular formula is C27H26BrFN6O. The molecule has 184 valence electrons. The van der Waals surface area contributed by atoms with Crippen molar-refractivity contribution in [2.75, 3.05) is 5.73 Å². The molecular weight excluding hydrogens is 523 g/mol. The molecule has 0 radical (unpaired) electrons. The van der Waals surface area contributed by atoms with Crippen LogP contribution < -0.4 is 10.5 Å². The van der Waals surface area contributed by atoms with Crippen LogP contribution in [0.5, 0.6) is 5.75 Å². The number of nitrogens with two attached hydrogens (primary N) is 1. The first-order chi connectivity index (χ1) is 17.3. The van der Waals surface area contributed by atoms with Crippen LogP contribution >= 0.6 is 15.9 Å². The second kappa shape index (κ2) is 9.73. The van der Waals surface area contributed by atoms with Gasteiger partial charge in [-0.05, 0) is 65.7 Å². The van der Waals surface area contributed by atoms with Gasteiger partial charge in [-0.15, -0.1) is 0 Å². The number of anilines is 1. The third-order valence-corrected chi connectivity index (χ3v) is 6.69. The third kappa shape index (κ3) is 4.58. The van der Waals surface area contributed by atoms with E-state index in [1.165, 1.54) is 17.7 Å². The van der Waals surface area contributed by atoms with E-state index in [2.05, 4.69) is 43.6 Å². The lowest BCUT2D eigenvalue weighted by atomic mass is 9.95. The summed E-state index contributed by atoms with van der Waals surface area (Å²) in [4.78, 5) is 8.42. The Bertz CT molecular complexity index is 1560. The summed E-state index contributed by atoms with van der Waals surface area (Å²) in [5.74, 6) is 0.346. The minimum atomic E-state index is -0.503. The van der Waals surface area contributed by atoms with E-state index in [1.807, 2.05) is 38.6 Å². The molecule has 0 fully saturated rings. The molecule has 1 aromatic carbocycles. The average molecular weight is 549 g/mol. The van der Waals surface area contributed by atoms with Crippen LogP contribution in [0.2, 0.25) is 0 Å². The van der Waals surface area contributed by atoms with Crippen molar-refractivity contribution in [3.8, 4) is 17.0 Å². The molecule has 4 aromatic heterocycles. The number of nitrogens with zero attached hydrogens (tertiary/aromatic N) is 5. The van der Waals surface area contributed by atoms with Crippen LogP contribution in [0.15, 0.2) is 65.8 Å². The zero-order valence-electron chi connectivity index (χ0n) is 20.2. The van der Waals surface area contributed by atoms with Crippen molar-refractivity contribution < 1.29 is 9.13 Å². The number of aromatic nitrogens is 5. The Labute approximate surface area is 216 Å². The lowest BCUT2D eigenvalue weighted by molar-refractivity contribution is 0.227. The summed E-state index contributed by atoms with van der Waals surface area (Å²) in [6.07, 6.45) is 9.67. The molecule has 0 unspecified atom stereocenters. The average Bonchev–Trinajstić information content (AvgIpc) is 3.41. The van der Waals surface area contributed by atoms with E-state index in [0.29, 0.717) is 17.7 Å². The van der Waals surface area contributed by atoms with E-state index in [0.717, 1.165) is 38.7 Å². The summed E-state index contributed by atoms with van der Waals surface area (Å²) in [6, 6.07) is 8.51. The van der Waals surface area contributed by atoms with E-state index < -0.39 is 6.10 Å². The molecule has 9 heteroatoms. The van der Waals surface area contributed by atoms with Gasteiger partial charge in [-0.25, -0.2) is 9.37 Å². The fourth-order valence-corrected chi connectivity index (χ4v) is 4.89. The van der Waals surface area contributed by atoms with Gasteiger partial charge in [0.25, 0.3) is 0 Å². The summed E-state index contributed by atoms with van der Waals surface area (Å²) in [6.45, 7) is 4.83. The Morgan fingerprint density at radius 1 is 1.14 bits per heavy atom. The van der Waals surface area contributed by atoms with Crippen LogP contribution in [0.3, 0.4) is 0 Å². The van der Waals surface area contributed by atoms with Crippen molar-refractivity contribution in [2.45, 2.75) is 32.9 Å². The minimum absolute atomic E-state index is 0.267. The number of rotatable bonds is 7. The van der Waals surface area contributed by atoms with E-state index in [4.69, 9.17) is 15.6 Å². The van der Waals surface area contributed by atoms with Crippen LogP contribution in [0, 0.1) is 5.82 Å². The van der Waals surface area contributed by atoms with Gasteiger partial charge in [-0.2, -0.15) is 5.10 Å². The maximum Gasteiger partial charge on any atom is 0.166 e. The van der Waals surface area contributed by atoms with Crippen molar-refractivity contribution in [3.63, 3.8) is 0 Å². The highest BCUT2D eigenvalue weighted by Gasteiger charge is 2.21. The molecule has 0 amide bonds. The normalized spacial score (nSPS) is 12.2. The Kier molecular flexibility index (Phi) is 6.49. The van der Waals surface area contributed by atoms with Gasteiger partial charge in [0.1, 0.15) is 11.9 Å². The van der Waals surface area contributed by atoms with Gasteiger partial charge < -0.3 is 15.0 Å². The van der Waals surface area contributed by atoms with Gasteiger partial charge in [-0.3, -0.25) is 9.67 Å². The van der Waals surface area contributed by atoms with Gasteiger partial charge >= 0.3 is 0 Å². The number of nitrogen functional groups attached to an aromatic ring is 1. The molecule has 0 saturated carbocycles. The zero-order chi connectivity index (χ0) is 25.4. The van der Waals surface area contributed by atoms with E-state index in [-0.39, 0.29) is 11.6 Å². The van der Waals surface area contributed by atoms with E-state index >= 15 is 0 Å². The Morgan fingerprint density at radius 3 is 2.78 bits per heavy atom. The highest BCUT2D eigenvalue weighted by atomic mass is 79.9. The van der Waals surface area contributed by atoms with Crippen LogP contribution in [0.25, 0.3) is 22.2 Å². The Balaban J connectivity index is 1.56. The number of hydrogen-bond acceptors (Lipinski definition) is 5. The summed E-state index contributed by atoms with van der Waals surface area (Å²) in [7, 11) is 1.89. The number of ether oxygens (including phenoxy) is 1. The molecule has 36 heavy (non-hydrogen) atoms. The highest BCUT2D eigenvalue weighted by Crippen LogP contribution is 2.36. The predicted octanol–water partition coefficient (Wildman–Crippen LogP) is 6.07. The SMILES string of the molecule is CCn1cc(Cc2cn(C)nc2-c2ccc(F)cc2[C@@H](C)Oc2cc(Br)cnc2N)c2ccncc21. The van der Waals surface area contributed by atoms with Gasteiger partial charge in [0.2, 0.25) is 0 Å². The van der Waals surface area contributed by atoms with Crippen molar-refractivity contribution in [2.24, 2.45) is 7.05 Å². The first-order valence-electron chi connectivity index (χ1n) is 11.7. The molecule has 7 nitrogen and oxygen atoms in total. The van der Waals surface area contributed by atoms with Crippen LogP contribution in [0.1, 0.15) is 36.6 Å². The van der Waals surface area contributed by atoms with Gasteiger partial charge in [0.15, 0.2) is 11.6 Å². The quantitative estimate of drug-likeness (QED) is 0.267. The highest BCUT2D eigenvalue weighted by molar-refractivity contribution is 9.10. The molecule has 0 aliphatic rings. The number of aryl methyl sites for hydroxylation is 2. The number of fused-ring (bicyclic) bond motifs is 1. The van der Waals surface area contributed by atoms with Crippen molar-refractivity contribution >= 4 is 32.7 Å². The monoisotopic (exact) mass is 548 g/mol. The molecule has 1 atom stereocenters. The predicted molar refractivity (Wildman–Crippen MR) is 142 cm³/mol. The van der Waals surface area contributed by atoms with Gasteiger partial charge in [0.05, 0.1) is 17.4 Å². The molecule has 2 N–H and O–H groups in total. The van der Waals surface area contributed by atoms with Crippen molar-refractivity contribution in [3.05, 3.63) is 88.3 Å². The largest absolute Gasteiger partial charge is 0.482 e. The fraction of sp³-hybridized carbons (Fsp3) is 0.222. The number of halogens is 2. The number of pyridine rings is 2. The maximum absolute atomic E-state index is 14.4. The smallest absolute Gasteiger partial charge is 0.166 e. The molecule has 0 bridgehead atoms. The topological polar surface area (TPSA) is 83.8 Å². The van der Waals surface area contributed by atoms with Crippen LogP contribution in [-0.2, 0) is 20.0 Å². The Hall–Kier alpha value is -3.72. The molecule has 5 aromatic rings. The standard InChI is InChI=1S/C27H26BrFN6O/c1-4-35-15-17(21-7-8-31-13-24(21)35)9-18-14-34(3)33-26(18)22-6-5-20(29)11-23(22)16(2)36-25-10-19(28)12-32-27(25)30/h5-8,10-16H,4,9H2,1-3H3,(H2,30,32)/t16-/m1/s1. The summed E-state index contributed by atoms with van der Waals surface area (Å²) in [5, 5.41) is 5.93. The summed E-state index contributed by atoms with van der Waals surface area (Å²) < 4.78 is 25.3. The Morgan fingerprint density at radius 2 is 1.97 bits per heavy atom. The van der Waals surface area contributed by atoms with E-state index in [1.54, 1.807) is 23.0 Å². The second-order valence-electron chi connectivity index (χ2n) is 8.72. The lowest BCUT2D eigenvalue weighted by Crippen LogP contribution is -2.08. The zero-order valence-corrected chi connectivity index (χ0v) is 21.8. The third-order valence-electron chi connectivity index (χ3n) is 6.25. The molecule has 0 aliphatic carbocycles. The fourth-order valence-electron chi connectivity index (χ4n) is 4.58. The van der Waals surface area contributed by atoms with Crippen molar-refractivity contribution in [1.82, 2.24) is 24.3 Å². The maximum atomic E-state index is 14.4. The van der Waals surface area contributed by atoms with Gasteiger partial charge in [0, 0.05) is 71.3 Å². The molecule has 0 aliphatic heterocycles. The van der Waals surface area contributed by atoms with Crippen LogP contribution in [-0.4, -0.2) is 24.3 Å². The summed E-state index contributed by atoms with van der Waals surface area (Å²) in [5.41, 5.74) is 11.6. The lowest BCUT2D eigenvalue weighted by Gasteiger charge is -2.19. The van der Waals surface area contributed by atoms with Crippen LogP contribution in [0.4, 0.5) is 10.2 Å². The van der Waals surface area contributed by atoms with E-state index in [9.17, 15) is 4.39 Å². The van der Waals surface area contributed by atoms with Gasteiger partial charge in [-0.1, -0.05) is 0 Å². The second-order valence-corrected chi connectivity index (χ2v) is 9.63. The first-order valence-corrected chi connectivity index (χ1v) is 12.4. The first kappa shape index (κ1) is 24.0. The van der Waals surface area contributed by atoms with Crippen molar-refractivity contribution in [1.29, 1.82) is 0 Å². The summed E-state index contributed by atoms with van der Waals surface area (Å²) >= 11 is 3.40. The molecule has 0 spiro atoms. The number of hydrogen-bond donors (Lipinski definition) is 1. The number of benzene rings is 1. The molecule has 0 saturated heterocycles. The minimum Gasteiger partial charge on any atom is -0.482 e.